The van der Waals surface area contributed by atoms with Gasteiger partial charge in [-0.2, -0.15) is 0 Å². The lowest BCUT2D eigenvalue weighted by Gasteiger charge is -2.23. The summed E-state index contributed by atoms with van der Waals surface area (Å²) in [5.41, 5.74) is 2.75. The van der Waals surface area contributed by atoms with E-state index in [1.165, 1.54) is 5.39 Å². The lowest BCUT2D eigenvalue weighted by atomic mass is 10.0. The molecule has 3 fully saturated rings. The first-order chi connectivity index (χ1) is 17.1. The van der Waals surface area contributed by atoms with Crippen LogP contribution in [0.4, 0.5) is 0 Å². The molecule has 0 unspecified atom stereocenters. The number of hydrogen-bond donors (Lipinski definition) is 0. The Kier molecular flexibility index (Phi) is 4.60. The van der Waals surface area contributed by atoms with Crippen molar-refractivity contribution >= 4 is 28.4 Å². The molecule has 2 aliphatic carbocycles. The average Bonchev–Trinajstić information content (AvgIpc) is 3.82. The molecule has 35 heavy (non-hydrogen) atoms. The Balaban J connectivity index is 1.12. The molecule has 1 spiro atoms. The Morgan fingerprint density at radius 2 is 1.71 bits per heavy atom. The largest absolute Gasteiger partial charge is 0.342 e. The Hall–Kier alpha value is -3.54. The van der Waals surface area contributed by atoms with Crippen molar-refractivity contribution in [2.75, 3.05) is 19.6 Å². The zero-order chi connectivity index (χ0) is 23.6. The molecule has 6 nitrogen and oxygen atoms in total. The highest BCUT2D eigenvalue weighted by Gasteiger charge is 2.57. The summed E-state index contributed by atoms with van der Waals surface area (Å²) in [5.74, 6) is 1.83. The van der Waals surface area contributed by atoms with Crippen LogP contribution in [0.15, 0.2) is 65.9 Å². The number of aromatic nitrogens is 1. The summed E-state index contributed by atoms with van der Waals surface area (Å²) in [6.45, 7) is 2.22. The highest BCUT2D eigenvalue weighted by Crippen LogP contribution is 2.46. The van der Waals surface area contributed by atoms with Gasteiger partial charge in [0, 0.05) is 48.9 Å². The smallest absolute Gasteiger partial charge is 0.256 e. The van der Waals surface area contributed by atoms with Crippen molar-refractivity contribution in [2.24, 2.45) is 16.8 Å². The highest BCUT2D eigenvalue weighted by molar-refractivity contribution is 6.16. The maximum absolute atomic E-state index is 13.3. The predicted molar refractivity (Wildman–Crippen MR) is 135 cm³/mol. The Labute approximate surface area is 204 Å². The Bertz CT molecular complexity index is 1370. The van der Waals surface area contributed by atoms with Gasteiger partial charge in [-0.05, 0) is 66.7 Å². The third kappa shape index (κ3) is 3.63. The van der Waals surface area contributed by atoms with Crippen LogP contribution >= 0.6 is 0 Å². The van der Waals surface area contributed by atoms with Gasteiger partial charge in [0.05, 0.1) is 0 Å². The van der Waals surface area contributed by atoms with Crippen molar-refractivity contribution in [3.8, 4) is 11.1 Å². The maximum atomic E-state index is 13.3. The molecular weight excluding hydrogens is 436 g/mol. The molecule has 0 bridgehead atoms. The van der Waals surface area contributed by atoms with E-state index in [9.17, 15) is 9.59 Å². The summed E-state index contributed by atoms with van der Waals surface area (Å²) in [4.78, 5) is 38.9. The molecule has 3 aromatic rings. The van der Waals surface area contributed by atoms with E-state index in [1.54, 1.807) is 0 Å². The molecule has 6 heteroatoms. The fourth-order valence-electron chi connectivity index (χ4n) is 5.60. The van der Waals surface area contributed by atoms with E-state index in [4.69, 9.17) is 4.99 Å². The number of likely N-dealkylation sites (tertiary alicyclic amines) is 1. The summed E-state index contributed by atoms with van der Waals surface area (Å²) in [7, 11) is 0. The van der Waals surface area contributed by atoms with Crippen LogP contribution in [0.2, 0.25) is 0 Å². The van der Waals surface area contributed by atoms with Crippen molar-refractivity contribution in [3.05, 3.63) is 66.5 Å². The molecule has 2 aromatic carbocycles. The second kappa shape index (κ2) is 7.74. The molecule has 176 valence electrons. The molecule has 2 saturated carbocycles. The summed E-state index contributed by atoms with van der Waals surface area (Å²) in [5, 5.41) is 2.29. The van der Waals surface area contributed by atoms with Gasteiger partial charge in [0.1, 0.15) is 11.4 Å². The van der Waals surface area contributed by atoms with Crippen LogP contribution in [0, 0.1) is 11.8 Å². The summed E-state index contributed by atoms with van der Waals surface area (Å²) < 4.78 is 0. The molecule has 1 saturated heterocycles. The van der Waals surface area contributed by atoms with Crippen molar-refractivity contribution in [3.63, 3.8) is 0 Å². The van der Waals surface area contributed by atoms with Crippen molar-refractivity contribution in [1.29, 1.82) is 0 Å². The molecule has 4 aliphatic rings. The monoisotopic (exact) mass is 464 g/mol. The minimum absolute atomic E-state index is 0.145. The zero-order valence-electron chi connectivity index (χ0n) is 19.7. The van der Waals surface area contributed by atoms with Gasteiger partial charge in [-0.1, -0.05) is 36.4 Å². The van der Waals surface area contributed by atoms with Crippen LogP contribution < -0.4 is 0 Å². The molecule has 1 aromatic heterocycles. The van der Waals surface area contributed by atoms with E-state index in [1.807, 2.05) is 28.3 Å². The van der Waals surface area contributed by atoms with Gasteiger partial charge in [-0.15, -0.1) is 0 Å². The van der Waals surface area contributed by atoms with E-state index in [2.05, 4.69) is 47.4 Å². The number of benzene rings is 2. The van der Waals surface area contributed by atoms with Gasteiger partial charge in [0.2, 0.25) is 5.91 Å². The third-order valence-corrected chi connectivity index (χ3v) is 8.02. The van der Waals surface area contributed by atoms with Gasteiger partial charge in [-0.25, -0.2) is 0 Å². The van der Waals surface area contributed by atoms with E-state index in [0.717, 1.165) is 73.1 Å². The van der Waals surface area contributed by atoms with E-state index >= 15 is 0 Å². The lowest BCUT2D eigenvalue weighted by Crippen LogP contribution is -2.40. The van der Waals surface area contributed by atoms with Crippen LogP contribution in [0.3, 0.4) is 0 Å². The first-order valence-electron chi connectivity index (χ1n) is 12.7. The molecule has 7 rings (SSSR count). The third-order valence-electron chi connectivity index (χ3n) is 8.02. The fraction of sp³-hybridized carbons (Fsp3) is 0.379. The van der Waals surface area contributed by atoms with Crippen LogP contribution in [-0.2, 0) is 9.59 Å². The standard InChI is InChI=1S/C29H28N4O2/c34-27(22-5-6-22)32-14-10-19(17-32)18-33-26(31-29(11-12-29)28(33)35)21-3-1-20(2-4-21)23-7-8-25-16-30-13-9-24(25)15-23/h1-4,7-9,13,15-16,19,22H,5-6,10-12,14,17-18H2/t19-/m1/s1. The molecule has 3 heterocycles. The van der Waals surface area contributed by atoms with Gasteiger partial charge < -0.3 is 4.90 Å². The topological polar surface area (TPSA) is 65.9 Å². The number of hydrogen-bond acceptors (Lipinski definition) is 4. The van der Waals surface area contributed by atoms with Crippen molar-refractivity contribution < 1.29 is 9.59 Å². The van der Waals surface area contributed by atoms with Crippen molar-refractivity contribution in [2.45, 2.75) is 37.6 Å². The van der Waals surface area contributed by atoms with Gasteiger partial charge in [-0.3, -0.25) is 24.5 Å². The van der Waals surface area contributed by atoms with Crippen LogP contribution in [0.1, 0.15) is 37.7 Å². The first-order valence-corrected chi connectivity index (χ1v) is 12.7. The minimum Gasteiger partial charge on any atom is -0.342 e. The number of carbonyl (C=O) groups excluding carboxylic acids is 2. The van der Waals surface area contributed by atoms with E-state index < -0.39 is 5.54 Å². The number of rotatable bonds is 5. The minimum atomic E-state index is -0.525. The molecular formula is C29H28N4O2. The number of nitrogens with zero attached hydrogens (tertiary/aromatic N) is 4. The summed E-state index contributed by atoms with van der Waals surface area (Å²) in [6, 6.07) is 16.8. The zero-order valence-corrected chi connectivity index (χ0v) is 19.7. The number of fused-ring (bicyclic) bond motifs is 1. The second-order valence-electron chi connectivity index (χ2n) is 10.6. The quantitative estimate of drug-likeness (QED) is 0.566. The van der Waals surface area contributed by atoms with Gasteiger partial charge in [0.15, 0.2) is 0 Å². The molecule has 0 radical (unpaired) electrons. The van der Waals surface area contributed by atoms with Crippen LogP contribution in [0.25, 0.3) is 21.9 Å². The number of aliphatic imine (C=N–C) groups is 1. The number of amidine groups is 1. The molecule has 1 atom stereocenters. The maximum Gasteiger partial charge on any atom is 0.256 e. The summed E-state index contributed by atoms with van der Waals surface area (Å²) in [6.07, 6.45) is 8.41. The Morgan fingerprint density at radius 3 is 2.49 bits per heavy atom. The van der Waals surface area contributed by atoms with Gasteiger partial charge in [0.25, 0.3) is 5.91 Å². The molecule has 2 aliphatic heterocycles. The van der Waals surface area contributed by atoms with E-state index in [0.29, 0.717) is 18.4 Å². The summed E-state index contributed by atoms with van der Waals surface area (Å²) >= 11 is 0. The average molecular weight is 465 g/mol. The number of amides is 2. The first kappa shape index (κ1) is 20.8. The normalized spacial score (nSPS) is 22.8. The number of pyridine rings is 1. The molecule has 2 amide bonds. The lowest BCUT2D eigenvalue weighted by molar-refractivity contribution is -0.131. The highest BCUT2D eigenvalue weighted by atomic mass is 16.2. The van der Waals surface area contributed by atoms with Crippen LogP contribution in [0.5, 0.6) is 0 Å². The van der Waals surface area contributed by atoms with E-state index in [-0.39, 0.29) is 11.8 Å². The van der Waals surface area contributed by atoms with Gasteiger partial charge >= 0.3 is 0 Å². The van der Waals surface area contributed by atoms with Crippen molar-refractivity contribution in [1.82, 2.24) is 14.8 Å². The second-order valence-corrected chi connectivity index (χ2v) is 10.6. The molecule has 0 N–H and O–H groups in total. The number of carbonyl (C=O) groups is 2. The predicted octanol–water partition coefficient (Wildman–Crippen LogP) is 4.28. The SMILES string of the molecule is O=C(C1CC1)N1CC[C@@H](CN2C(=O)C3(CC3)N=C2c2ccc(-c3ccc4cnccc4c3)cc2)C1. The van der Waals surface area contributed by atoms with Crippen LogP contribution in [-0.4, -0.2) is 57.6 Å². The fourth-order valence-corrected chi connectivity index (χ4v) is 5.60. The Morgan fingerprint density at radius 1 is 0.943 bits per heavy atom.